The van der Waals surface area contributed by atoms with Crippen LogP contribution in [0.5, 0.6) is 0 Å². The van der Waals surface area contributed by atoms with Gasteiger partial charge in [-0.15, -0.1) is 0 Å². The zero-order valence-corrected chi connectivity index (χ0v) is 11.7. The van der Waals surface area contributed by atoms with Gasteiger partial charge in [-0.05, 0) is 30.5 Å². The number of nitrogens with zero attached hydrogens (tertiary/aromatic N) is 3. The summed E-state index contributed by atoms with van der Waals surface area (Å²) in [6.45, 7) is 6.17. The van der Waals surface area contributed by atoms with Crippen molar-refractivity contribution in [3.8, 4) is 5.69 Å². The summed E-state index contributed by atoms with van der Waals surface area (Å²) >= 11 is 0. The van der Waals surface area contributed by atoms with Gasteiger partial charge in [0.25, 0.3) is 5.56 Å². The molecule has 0 fully saturated rings. The second-order valence-electron chi connectivity index (χ2n) is 5.22. The van der Waals surface area contributed by atoms with Crippen molar-refractivity contribution in [3.63, 3.8) is 0 Å². The first-order valence-corrected chi connectivity index (χ1v) is 6.61. The van der Waals surface area contributed by atoms with Crippen molar-refractivity contribution in [2.24, 2.45) is 0 Å². The molecule has 0 unspecified atom stereocenters. The Kier molecular flexibility index (Phi) is 2.89. The molecule has 3 aromatic rings. The third-order valence-electron chi connectivity index (χ3n) is 3.47. The van der Waals surface area contributed by atoms with Gasteiger partial charge in [-0.1, -0.05) is 26.0 Å². The zero-order chi connectivity index (χ0) is 14.3. The van der Waals surface area contributed by atoms with Crippen LogP contribution in [0.15, 0.2) is 35.3 Å². The van der Waals surface area contributed by atoms with E-state index in [0.29, 0.717) is 11.4 Å². The lowest BCUT2D eigenvalue weighted by atomic mass is 10.0. The highest BCUT2D eigenvalue weighted by Crippen LogP contribution is 2.18. The predicted octanol–water partition coefficient (Wildman–Crippen LogP) is 2.54. The molecule has 0 aliphatic rings. The van der Waals surface area contributed by atoms with Gasteiger partial charge in [0.2, 0.25) is 0 Å². The summed E-state index contributed by atoms with van der Waals surface area (Å²) in [5.74, 6) is 0.495. The Bertz CT molecular complexity index is 812. The normalized spacial score (nSPS) is 11.4. The molecule has 0 saturated carbocycles. The van der Waals surface area contributed by atoms with Crippen LogP contribution in [0, 0.1) is 6.92 Å². The second kappa shape index (κ2) is 4.59. The number of benzene rings is 1. The van der Waals surface area contributed by atoms with Crippen molar-refractivity contribution in [1.82, 2.24) is 20.0 Å². The maximum absolute atomic E-state index is 11.7. The second-order valence-corrected chi connectivity index (χ2v) is 5.22. The van der Waals surface area contributed by atoms with E-state index in [9.17, 15) is 4.79 Å². The Morgan fingerprint density at radius 1 is 1.20 bits per heavy atom. The summed E-state index contributed by atoms with van der Waals surface area (Å²) in [4.78, 5) is 11.7. The molecule has 0 saturated heterocycles. The van der Waals surface area contributed by atoms with Crippen LogP contribution in [0.25, 0.3) is 16.6 Å². The molecule has 1 aromatic carbocycles. The predicted molar refractivity (Wildman–Crippen MR) is 78.3 cm³/mol. The number of hydrogen-bond acceptors (Lipinski definition) is 3. The Labute approximate surface area is 116 Å². The Hall–Kier alpha value is -2.43. The molecule has 0 atom stereocenters. The highest BCUT2D eigenvalue weighted by molar-refractivity contribution is 5.79. The minimum Gasteiger partial charge on any atom is -0.265 e. The van der Waals surface area contributed by atoms with Crippen LogP contribution in [0.2, 0.25) is 0 Å². The quantitative estimate of drug-likeness (QED) is 0.776. The zero-order valence-electron chi connectivity index (χ0n) is 11.7. The van der Waals surface area contributed by atoms with Crippen molar-refractivity contribution in [2.75, 3.05) is 0 Å². The first-order valence-electron chi connectivity index (χ1n) is 6.61. The maximum atomic E-state index is 11.7. The van der Waals surface area contributed by atoms with Gasteiger partial charge in [0.05, 0.1) is 11.4 Å². The molecule has 0 bridgehead atoms. The minimum atomic E-state index is -0.261. The van der Waals surface area contributed by atoms with Crippen molar-refractivity contribution in [2.45, 2.75) is 26.7 Å². The van der Waals surface area contributed by atoms with Gasteiger partial charge < -0.3 is 0 Å². The van der Waals surface area contributed by atoms with Crippen molar-refractivity contribution >= 4 is 10.9 Å². The molecule has 5 heteroatoms. The van der Waals surface area contributed by atoms with Gasteiger partial charge in [0, 0.05) is 11.6 Å². The number of rotatable bonds is 2. The molecule has 0 aliphatic heterocycles. The van der Waals surface area contributed by atoms with E-state index in [4.69, 9.17) is 0 Å². The van der Waals surface area contributed by atoms with Gasteiger partial charge in [-0.25, -0.2) is 9.78 Å². The van der Waals surface area contributed by atoms with Crippen molar-refractivity contribution in [3.05, 3.63) is 52.1 Å². The number of aromatic nitrogens is 4. The summed E-state index contributed by atoms with van der Waals surface area (Å²) in [6.07, 6.45) is 1.84. The molecule has 5 nitrogen and oxygen atoms in total. The first-order chi connectivity index (χ1) is 9.56. The molecule has 3 rings (SSSR count). The fraction of sp³-hybridized carbons (Fsp3) is 0.267. The van der Waals surface area contributed by atoms with Crippen LogP contribution >= 0.6 is 0 Å². The van der Waals surface area contributed by atoms with E-state index in [1.54, 1.807) is 4.68 Å². The van der Waals surface area contributed by atoms with Gasteiger partial charge in [0.1, 0.15) is 0 Å². The Balaban J connectivity index is 2.13. The van der Waals surface area contributed by atoms with Crippen LogP contribution in [-0.2, 0) is 0 Å². The van der Waals surface area contributed by atoms with Crippen LogP contribution in [0.1, 0.15) is 31.0 Å². The van der Waals surface area contributed by atoms with E-state index in [2.05, 4.69) is 41.3 Å². The molecule has 0 amide bonds. The summed E-state index contributed by atoms with van der Waals surface area (Å²) in [5, 5.41) is 11.5. The molecular weight excluding hydrogens is 252 g/mol. The fourth-order valence-electron chi connectivity index (χ4n) is 2.20. The number of fused-ring (bicyclic) bond motifs is 1. The van der Waals surface area contributed by atoms with Crippen LogP contribution < -0.4 is 5.56 Å². The Morgan fingerprint density at radius 2 is 1.90 bits per heavy atom. The lowest BCUT2D eigenvalue weighted by molar-refractivity contribution is 0.856. The summed E-state index contributed by atoms with van der Waals surface area (Å²) in [7, 11) is 0. The Morgan fingerprint density at radius 3 is 2.50 bits per heavy atom. The lowest BCUT2D eigenvalue weighted by Crippen LogP contribution is -2.09. The van der Waals surface area contributed by atoms with Crippen LogP contribution in [-0.4, -0.2) is 20.0 Å². The van der Waals surface area contributed by atoms with E-state index >= 15 is 0 Å². The smallest absolute Gasteiger partial charge is 0.265 e. The van der Waals surface area contributed by atoms with Gasteiger partial charge in [-0.2, -0.15) is 10.2 Å². The third kappa shape index (κ3) is 2.01. The number of nitrogens with one attached hydrogen (secondary N) is 1. The van der Waals surface area contributed by atoms with E-state index < -0.39 is 0 Å². The third-order valence-corrected chi connectivity index (χ3v) is 3.47. The van der Waals surface area contributed by atoms with E-state index in [1.165, 1.54) is 5.56 Å². The topological polar surface area (TPSA) is 63.6 Å². The van der Waals surface area contributed by atoms with E-state index in [0.717, 1.165) is 16.8 Å². The fourth-order valence-corrected chi connectivity index (χ4v) is 2.20. The number of H-pyrrole nitrogens is 1. The standard InChI is InChI=1S/C15H16N4O/c1-9(2)11-4-6-12(7-5-11)19-8-13-10(3)16-17-15(20)14(13)18-19/h4-9H,1-3H3,(H,17,20). The lowest BCUT2D eigenvalue weighted by Gasteiger charge is -2.06. The van der Waals surface area contributed by atoms with Gasteiger partial charge in [-0.3, -0.25) is 4.79 Å². The van der Waals surface area contributed by atoms with Crippen molar-refractivity contribution < 1.29 is 0 Å². The average Bonchev–Trinajstić information content (AvgIpc) is 2.89. The summed E-state index contributed by atoms with van der Waals surface area (Å²) in [5.41, 5.74) is 3.14. The van der Waals surface area contributed by atoms with Crippen LogP contribution in [0.4, 0.5) is 0 Å². The molecule has 0 aliphatic carbocycles. The van der Waals surface area contributed by atoms with Crippen molar-refractivity contribution in [1.29, 1.82) is 0 Å². The summed E-state index contributed by atoms with van der Waals surface area (Å²) < 4.78 is 1.72. The molecule has 2 heterocycles. The average molecular weight is 268 g/mol. The maximum Gasteiger partial charge on any atom is 0.292 e. The highest BCUT2D eigenvalue weighted by atomic mass is 16.1. The molecular formula is C15H16N4O. The van der Waals surface area contributed by atoms with E-state index in [-0.39, 0.29) is 5.56 Å². The molecule has 20 heavy (non-hydrogen) atoms. The summed E-state index contributed by atoms with van der Waals surface area (Å²) in [6, 6.07) is 8.19. The monoisotopic (exact) mass is 268 g/mol. The van der Waals surface area contributed by atoms with Crippen LogP contribution in [0.3, 0.4) is 0 Å². The molecule has 0 spiro atoms. The SMILES string of the molecule is Cc1n[nH]c(=O)c2nn(-c3ccc(C(C)C)cc3)cc12. The molecule has 102 valence electrons. The number of hydrogen-bond donors (Lipinski definition) is 1. The van der Waals surface area contributed by atoms with Gasteiger partial charge >= 0.3 is 0 Å². The van der Waals surface area contributed by atoms with Gasteiger partial charge in [0.15, 0.2) is 5.52 Å². The van der Waals surface area contributed by atoms with E-state index in [1.807, 2.05) is 25.3 Å². The largest absolute Gasteiger partial charge is 0.292 e. The molecule has 2 aromatic heterocycles. The number of aromatic amines is 1. The number of aryl methyl sites for hydroxylation is 1. The highest BCUT2D eigenvalue weighted by Gasteiger charge is 2.09. The minimum absolute atomic E-state index is 0.261. The first kappa shape index (κ1) is 12.6. The molecule has 0 radical (unpaired) electrons. The molecule has 1 N–H and O–H groups in total.